The Morgan fingerprint density at radius 2 is 1.55 bits per heavy atom. The predicted octanol–water partition coefficient (Wildman–Crippen LogP) is 7.39. The average Bonchev–Trinajstić information content (AvgIpc) is 3.00. The van der Waals surface area contributed by atoms with Crippen molar-refractivity contribution in [1.82, 2.24) is 14.8 Å². The number of aromatic nitrogens is 1. The highest BCUT2D eigenvalue weighted by Crippen LogP contribution is 2.36. The van der Waals surface area contributed by atoms with E-state index in [2.05, 4.69) is 77.2 Å². The first kappa shape index (κ1) is 29.4. The molecule has 0 spiro atoms. The molecule has 5 rings (SSSR count). The fraction of sp³-hybridized carbons (Fsp3) is 0.257. The zero-order valence-corrected chi connectivity index (χ0v) is 25.1. The Kier molecular flexibility index (Phi) is 9.57. The molecule has 0 amide bonds. The summed E-state index contributed by atoms with van der Waals surface area (Å²) in [4.78, 5) is 20.7. The van der Waals surface area contributed by atoms with E-state index in [0.717, 1.165) is 61.4 Å². The number of pyridine rings is 1. The second-order valence-corrected chi connectivity index (χ2v) is 11.2. The molecule has 0 radical (unpaired) electrons. The summed E-state index contributed by atoms with van der Waals surface area (Å²) in [5, 5.41) is 0.460. The number of carbonyl (C=O) groups excluding carboxylic acids is 1. The summed E-state index contributed by atoms with van der Waals surface area (Å²) >= 11 is 6.73. The number of rotatable bonds is 10. The van der Waals surface area contributed by atoms with Gasteiger partial charge in [-0.2, -0.15) is 0 Å². The van der Waals surface area contributed by atoms with Crippen molar-refractivity contribution >= 4 is 23.6 Å². The van der Waals surface area contributed by atoms with E-state index in [1.54, 1.807) is 18.3 Å². The number of ether oxygens (including phenoxy) is 2. The standard InChI is InChI=1S/C35H36ClN3O3/c1-25-4-8-28(9-5-25)23-38-15-17-39(18-16-38)33(14-19-40)30-20-27(3)35(32(36)21-30)42-34-13-12-31(22-37-34)41-24-29-10-6-26(2)7-11-29/h4-14,19-22H,15-18,23-24H2,1-3H3/b33-14+. The maximum absolute atomic E-state index is 11.6. The number of aryl methyl sites for hydroxylation is 3. The molecular formula is C35H36ClN3O3. The first-order valence-corrected chi connectivity index (χ1v) is 14.6. The van der Waals surface area contributed by atoms with Crippen LogP contribution in [0.1, 0.15) is 33.4 Å². The molecule has 42 heavy (non-hydrogen) atoms. The molecule has 2 heterocycles. The molecule has 7 heteroatoms. The normalized spacial score (nSPS) is 14.1. The molecule has 1 fully saturated rings. The molecule has 0 bridgehead atoms. The third-order valence-corrected chi connectivity index (χ3v) is 7.71. The molecule has 4 aromatic rings. The van der Waals surface area contributed by atoms with Gasteiger partial charge in [-0.05, 0) is 61.2 Å². The minimum Gasteiger partial charge on any atom is -0.487 e. The Hall–Kier alpha value is -4.13. The number of hydrogen-bond donors (Lipinski definition) is 0. The van der Waals surface area contributed by atoms with E-state index < -0.39 is 0 Å². The van der Waals surface area contributed by atoms with E-state index in [4.69, 9.17) is 21.1 Å². The highest BCUT2D eigenvalue weighted by molar-refractivity contribution is 6.32. The van der Waals surface area contributed by atoms with Gasteiger partial charge in [-0.1, -0.05) is 71.3 Å². The Bertz CT molecular complexity index is 1500. The predicted molar refractivity (Wildman–Crippen MR) is 168 cm³/mol. The Labute approximate surface area is 253 Å². The van der Waals surface area contributed by atoms with Crippen molar-refractivity contribution in [3.8, 4) is 17.4 Å². The van der Waals surface area contributed by atoms with Crippen LogP contribution in [0.2, 0.25) is 5.02 Å². The van der Waals surface area contributed by atoms with Crippen molar-refractivity contribution < 1.29 is 14.3 Å². The molecule has 1 aromatic heterocycles. The van der Waals surface area contributed by atoms with Gasteiger partial charge in [-0.25, -0.2) is 4.98 Å². The van der Waals surface area contributed by atoms with Crippen LogP contribution in [0.4, 0.5) is 0 Å². The molecule has 216 valence electrons. The van der Waals surface area contributed by atoms with Crippen LogP contribution in [0.3, 0.4) is 0 Å². The monoisotopic (exact) mass is 581 g/mol. The molecule has 0 aliphatic carbocycles. The number of aldehydes is 1. The summed E-state index contributed by atoms with van der Waals surface area (Å²) in [5.41, 5.74) is 7.50. The van der Waals surface area contributed by atoms with Crippen molar-refractivity contribution in [1.29, 1.82) is 0 Å². The quantitative estimate of drug-likeness (QED) is 0.144. The number of benzene rings is 3. The average molecular weight is 582 g/mol. The number of allylic oxidation sites excluding steroid dienone is 1. The van der Waals surface area contributed by atoms with Crippen LogP contribution in [-0.4, -0.2) is 47.2 Å². The lowest BCUT2D eigenvalue weighted by Gasteiger charge is -2.37. The fourth-order valence-electron chi connectivity index (χ4n) is 5.02. The van der Waals surface area contributed by atoms with Crippen LogP contribution in [0, 0.1) is 20.8 Å². The summed E-state index contributed by atoms with van der Waals surface area (Å²) in [7, 11) is 0. The summed E-state index contributed by atoms with van der Waals surface area (Å²) in [6, 6.07) is 24.4. The maximum Gasteiger partial charge on any atom is 0.219 e. The van der Waals surface area contributed by atoms with Crippen molar-refractivity contribution in [3.05, 3.63) is 123 Å². The van der Waals surface area contributed by atoms with Gasteiger partial charge >= 0.3 is 0 Å². The lowest BCUT2D eigenvalue weighted by molar-refractivity contribution is -0.104. The van der Waals surface area contributed by atoms with Gasteiger partial charge in [0.15, 0.2) is 5.75 Å². The van der Waals surface area contributed by atoms with E-state index in [1.807, 2.05) is 25.1 Å². The van der Waals surface area contributed by atoms with E-state index >= 15 is 0 Å². The molecule has 1 aliphatic heterocycles. The van der Waals surface area contributed by atoms with Crippen molar-refractivity contribution in [3.63, 3.8) is 0 Å². The van der Waals surface area contributed by atoms with E-state index in [0.29, 0.717) is 29.0 Å². The van der Waals surface area contributed by atoms with Gasteiger partial charge in [0, 0.05) is 50.6 Å². The zero-order chi connectivity index (χ0) is 29.5. The van der Waals surface area contributed by atoms with Crippen molar-refractivity contribution in [2.75, 3.05) is 26.2 Å². The number of halogens is 1. The molecule has 0 unspecified atom stereocenters. The Morgan fingerprint density at radius 3 is 2.14 bits per heavy atom. The van der Waals surface area contributed by atoms with Gasteiger partial charge in [0.25, 0.3) is 0 Å². The van der Waals surface area contributed by atoms with Crippen LogP contribution in [0.15, 0.2) is 85.1 Å². The smallest absolute Gasteiger partial charge is 0.219 e. The van der Waals surface area contributed by atoms with Gasteiger partial charge < -0.3 is 14.4 Å². The lowest BCUT2D eigenvalue weighted by atomic mass is 10.1. The Balaban J connectivity index is 1.21. The molecule has 6 nitrogen and oxygen atoms in total. The van der Waals surface area contributed by atoms with E-state index in [-0.39, 0.29) is 0 Å². The van der Waals surface area contributed by atoms with Crippen LogP contribution in [0.5, 0.6) is 17.4 Å². The summed E-state index contributed by atoms with van der Waals surface area (Å²) in [6.07, 6.45) is 4.11. The van der Waals surface area contributed by atoms with Crippen molar-refractivity contribution in [2.45, 2.75) is 33.9 Å². The SMILES string of the molecule is Cc1ccc(COc2ccc(Oc3c(C)cc(/C(=C\C=O)N4CCN(Cc5ccc(C)cc5)CC4)cc3Cl)nc2)cc1. The number of hydrogen-bond acceptors (Lipinski definition) is 6. The zero-order valence-electron chi connectivity index (χ0n) is 24.3. The fourth-order valence-corrected chi connectivity index (χ4v) is 5.33. The van der Waals surface area contributed by atoms with Crippen LogP contribution >= 0.6 is 11.6 Å². The van der Waals surface area contributed by atoms with Crippen LogP contribution in [0.25, 0.3) is 5.70 Å². The number of carbonyl (C=O) groups is 1. The number of piperazine rings is 1. The second-order valence-electron chi connectivity index (χ2n) is 10.7. The molecule has 0 atom stereocenters. The van der Waals surface area contributed by atoms with Gasteiger partial charge in [0.1, 0.15) is 18.6 Å². The number of nitrogens with zero attached hydrogens (tertiary/aromatic N) is 3. The van der Waals surface area contributed by atoms with Gasteiger partial charge in [0.2, 0.25) is 5.88 Å². The topological polar surface area (TPSA) is 54.9 Å². The van der Waals surface area contributed by atoms with Gasteiger partial charge in [0.05, 0.1) is 11.2 Å². The Morgan fingerprint density at radius 1 is 0.881 bits per heavy atom. The largest absolute Gasteiger partial charge is 0.487 e. The van der Waals surface area contributed by atoms with Crippen LogP contribution in [-0.2, 0) is 17.9 Å². The molecule has 1 aliphatic rings. The van der Waals surface area contributed by atoms with Crippen LogP contribution < -0.4 is 9.47 Å². The minimum absolute atomic E-state index is 0.420. The van der Waals surface area contributed by atoms with Gasteiger partial charge in [-0.15, -0.1) is 0 Å². The maximum atomic E-state index is 11.6. The van der Waals surface area contributed by atoms with E-state index in [1.165, 1.54) is 16.7 Å². The molecular weight excluding hydrogens is 546 g/mol. The highest BCUT2D eigenvalue weighted by atomic mass is 35.5. The highest BCUT2D eigenvalue weighted by Gasteiger charge is 2.21. The first-order chi connectivity index (χ1) is 20.4. The summed E-state index contributed by atoms with van der Waals surface area (Å²) < 4.78 is 11.9. The summed E-state index contributed by atoms with van der Waals surface area (Å²) in [6.45, 7) is 11.0. The molecule has 1 saturated heterocycles. The lowest BCUT2D eigenvalue weighted by Crippen LogP contribution is -2.45. The molecule has 0 saturated carbocycles. The second kappa shape index (κ2) is 13.7. The third-order valence-electron chi connectivity index (χ3n) is 7.43. The van der Waals surface area contributed by atoms with Gasteiger partial charge in [-0.3, -0.25) is 9.69 Å². The van der Waals surface area contributed by atoms with E-state index in [9.17, 15) is 4.79 Å². The first-order valence-electron chi connectivity index (χ1n) is 14.2. The summed E-state index contributed by atoms with van der Waals surface area (Å²) in [5.74, 6) is 1.61. The molecule has 3 aromatic carbocycles. The third kappa shape index (κ3) is 7.58. The molecule has 0 N–H and O–H groups in total. The minimum atomic E-state index is 0.420. The van der Waals surface area contributed by atoms with Crippen molar-refractivity contribution in [2.24, 2.45) is 0 Å².